The highest BCUT2D eigenvalue weighted by Gasteiger charge is 2.14. The monoisotopic (exact) mass is 466 g/mol. The summed E-state index contributed by atoms with van der Waals surface area (Å²) >= 11 is 1.16. The van der Waals surface area contributed by atoms with Crippen molar-refractivity contribution in [3.8, 4) is 0 Å². The number of aromatic amines is 1. The first-order chi connectivity index (χ1) is 15.9. The molecule has 3 heterocycles. The van der Waals surface area contributed by atoms with Gasteiger partial charge in [0.2, 0.25) is 5.95 Å². The third-order valence-electron chi connectivity index (χ3n) is 4.50. The number of thiazole rings is 1. The number of anilines is 4. The van der Waals surface area contributed by atoms with E-state index in [1.54, 1.807) is 18.5 Å². The number of pyridine rings is 1. The van der Waals surface area contributed by atoms with Gasteiger partial charge >= 0.3 is 6.09 Å². The van der Waals surface area contributed by atoms with Crippen molar-refractivity contribution in [2.24, 2.45) is 0 Å². The molecule has 0 aliphatic carbocycles. The molecule has 0 aliphatic rings. The summed E-state index contributed by atoms with van der Waals surface area (Å²) < 4.78 is 0. The number of fused-ring (bicyclic) bond motifs is 1. The highest BCUT2D eigenvalue weighted by atomic mass is 32.1. The number of carboxylic acid groups (broad SMARTS) is 1. The Balaban J connectivity index is 1.41. The predicted octanol–water partition coefficient (Wildman–Crippen LogP) is 2.77. The topological polar surface area (TPSA) is 174 Å². The molecular weight excluding hydrogens is 448 g/mol. The summed E-state index contributed by atoms with van der Waals surface area (Å²) in [4.78, 5) is 50.8. The standard InChI is InChI=1S/C20H18N8O4S/c1-21-14-4-2-3-10-5-13(17(30)27-15(10)14)16(29)25-11-6-22-18(23-7-11)24-8-12-9-33-19(26-12)28-20(31)32/h2-7,9,21H,8H2,1H3,(H,25,29)(H,26,28)(H,27,30)(H,31,32)(H,22,23,24). The maximum atomic E-state index is 12.6. The molecule has 0 radical (unpaired) electrons. The minimum atomic E-state index is -1.18. The van der Waals surface area contributed by atoms with E-state index in [9.17, 15) is 14.4 Å². The molecule has 0 spiro atoms. The molecule has 0 saturated heterocycles. The van der Waals surface area contributed by atoms with Crippen molar-refractivity contribution < 1.29 is 14.7 Å². The van der Waals surface area contributed by atoms with Gasteiger partial charge in [0.1, 0.15) is 5.56 Å². The Hall–Kier alpha value is -4.52. The summed E-state index contributed by atoms with van der Waals surface area (Å²) in [5.41, 5.74) is 1.75. The van der Waals surface area contributed by atoms with Crippen molar-refractivity contribution in [2.45, 2.75) is 6.54 Å². The molecule has 13 heteroatoms. The van der Waals surface area contributed by atoms with Gasteiger partial charge in [0.15, 0.2) is 5.13 Å². The Morgan fingerprint density at radius 2 is 1.97 bits per heavy atom. The minimum Gasteiger partial charge on any atom is -0.465 e. The number of hydrogen-bond donors (Lipinski definition) is 6. The van der Waals surface area contributed by atoms with Crippen LogP contribution in [0.15, 0.2) is 46.8 Å². The van der Waals surface area contributed by atoms with Crippen molar-refractivity contribution >= 4 is 56.7 Å². The summed E-state index contributed by atoms with van der Waals surface area (Å²) in [5.74, 6) is -0.296. The normalized spacial score (nSPS) is 10.6. The van der Waals surface area contributed by atoms with Crippen LogP contribution >= 0.6 is 11.3 Å². The maximum Gasteiger partial charge on any atom is 0.410 e. The van der Waals surface area contributed by atoms with E-state index in [0.717, 1.165) is 17.0 Å². The van der Waals surface area contributed by atoms with E-state index < -0.39 is 17.6 Å². The van der Waals surface area contributed by atoms with E-state index in [0.29, 0.717) is 22.3 Å². The highest BCUT2D eigenvalue weighted by Crippen LogP contribution is 2.20. The van der Waals surface area contributed by atoms with Gasteiger partial charge in [-0.05, 0) is 12.1 Å². The van der Waals surface area contributed by atoms with Gasteiger partial charge in [0, 0.05) is 17.8 Å². The first-order valence-electron chi connectivity index (χ1n) is 9.58. The number of H-pyrrole nitrogens is 1. The lowest BCUT2D eigenvalue weighted by Crippen LogP contribution is -2.23. The maximum absolute atomic E-state index is 12.6. The van der Waals surface area contributed by atoms with Gasteiger partial charge in [-0.3, -0.25) is 14.9 Å². The van der Waals surface area contributed by atoms with Crippen molar-refractivity contribution in [1.82, 2.24) is 19.9 Å². The fourth-order valence-electron chi connectivity index (χ4n) is 3.00. The summed E-state index contributed by atoms with van der Waals surface area (Å²) in [5, 5.41) is 22.1. The molecule has 0 bridgehead atoms. The van der Waals surface area contributed by atoms with Crippen LogP contribution in [0.1, 0.15) is 16.1 Å². The average molecular weight is 466 g/mol. The molecule has 3 aromatic heterocycles. The summed E-state index contributed by atoms with van der Waals surface area (Å²) in [6, 6.07) is 6.98. The van der Waals surface area contributed by atoms with E-state index in [2.05, 4.69) is 41.2 Å². The number of carbonyl (C=O) groups excluding carboxylic acids is 1. The molecule has 0 atom stereocenters. The molecular formula is C20H18N8O4S. The molecule has 2 amide bonds. The summed E-state index contributed by atoms with van der Waals surface area (Å²) in [7, 11) is 1.75. The molecule has 1 aromatic carbocycles. The van der Waals surface area contributed by atoms with Crippen LogP contribution in [-0.4, -0.2) is 44.1 Å². The number of nitrogens with one attached hydrogen (secondary N) is 5. The lowest BCUT2D eigenvalue weighted by Gasteiger charge is -2.09. The first-order valence-corrected chi connectivity index (χ1v) is 10.5. The zero-order chi connectivity index (χ0) is 23.4. The lowest BCUT2D eigenvalue weighted by atomic mass is 10.1. The second kappa shape index (κ2) is 9.32. The molecule has 0 saturated carbocycles. The van der Waals surface area contributed by atoms with Crippen molar-refractivity contribution in [1.29, 1.82) is 0 Å². The zero-order valence-corrected chi connectivity index (χ0v) is 18.0. The summed E-state index contributed by atoms with van der Waals surface area (Å²) in [6.07, 6.45) is 1.62. The lowest BCUT2D eigenvalue weighted by molar-refractivity contribution is 0.102. The van der Waals surface area contributed by atoms with E-state index in [1.165, 1.54) is 18.5 Å². The zero-order valence-electron chi connectivity index (χ0n) is 17.2. The fourth-order valence-corrected chi connectivity index (χ4v) is 3.70. The SMILES string of the molecule is CNc1cccc2cc(C(=O)Nc3cnc(NCc4csc(NC(=O)O)n4)nc3)c(=O)[nH]c12. The van der Waals surface area contributed by atoms with Crippen LogP contribution in [0.4, 0.5) is 27.2 Å². The molecule has 33 heavy (non-hydrogen) atoms. The van der Waals surface area contributed by atoms with Crippen LogP contribution in [0, 0.1) is 0 Å². The van der Waals surface area contributed by atoms with Crippen LogP contribution in [-0.2, 0) is 6.54 Å². The minimum absolute atomic E-state index is 0.0349. The Kier molecular flexibility index (Phi) is 6.13. The molecule has 0 aliphatic heterocycles. The molecule has 0 unspecified atom stereocenters. The number of amides is 2. The van der Waals surface area contributed by atoms with Crippen LogP contribution in [0.25, 0.3) is 10.9 Å². The Morgan fingerprint density at radius 1 is 1.18 bits per heavy atom. The van der Waals surface area contributed by atoms with Crippen molar-refractivity contribution in [3.05, 3.63) is 63.7 Å². The first kappa shape index (κ1) is 21.7. The number of hydrogen-bond acceptors (Lipinski definition) is 9. The smallest absolute Gasteiger partial charge is 0.410 e. The number of benzene rings is 1. The molecule has 6 N–H and O–H groups in total. The second-order valence-electron chi connectivity index (χ2n) is 6.71. The Labute approximate surface area is 190 Å². The van der Waals surface area contributed by atoms with Gasteiger partial charge in [-0.1, -0.05) is 12.1 Å². The number of rotatable bonds is 7. The number of aromatic nitrogens is 4. The van der Waals surface area contributed by atoms with Gasteiger partial charge in [0.25, 0.3) is 11.5 Å². The molecule has 12 nitrogen and oxygen atoms in total. The van der Waals surface area contributed by atoms with Gasteiger partial charge in [-0.2, -0.15) is 0 Å². The Bertz CT molecular complexity index is 1380. The number of carbonyl (C=O) groups is 2. The van der Waals surface area contributed by atoms with Gasteiger partial charge in [-0.15, -0.1) is 11.3 Å². The van der Waals surface area contributed by atoms with E-state index in [4.69, 9.17) is 5.11 Å². The average Bonchev–Trinajstić information content (AvgIpc) is 3.24. The van der Waals surface area contributed by atoms with Crippen LogP contribution < -0.4 is 26.8 Å². The fraction of sp³-hybridized carbons (Fsp3) is 0.100. The van der Waals surface area contributed by atoms with Crippen molar-refractivity contribution in [2.75, 3.05) is 28.3 Å². The predicted molar refractivity (Wildman–Crippen MR) is 125 cm³/mol. The van der Waals surface area contributed by atoms with Gasteiger partial charge in [0.05, 0.1) is 41.5 Å². The van der Waals surface area contributed by atoms with E-state index in [1.807, 2.05) is 12.1 Å². The van der Waals surface area contributed by atoms with Crippen molar-refractivity contribution in [3.63, 3.8) is 0 Å². The molecule has 4 aromatic rings. The second-order valence-corrected chi connectivity index (χ2v) is 7.57. The van der Waals surface area contributed by atoms with Crippen LogP contribution in [0.3, 0.4) is 0 Å². The van der Waals surface area contributed by atoms with Crippen LogP contribution in [0.2, 0.25) is 0 Å². The van der Waals surface area contributed by atoms with Crippen LogP contribution in [0.5, 0.6) is 0 Å². The molecule has 0 fully saturated rings. The van der Waals surface area contributed by atoms with E-state index in [-0.39, 0.29) is 23.2 Å². The third-order valence-corrected chi connectivity index (χ3v) is 5.30. The largest absolute Gasteiger partial charge is 0.465 e. The quantitative estimate of drug-likeness (QED) is 0.239. The number of para-hydroxylation sites is 1. The number of nitrogens with zero attached hydrogens (tertiary/aromatic N) is 3. The highest BCUT2D eigenvalue weighted by molar-refractivity contribution is 7.13. The Morgan fingerprint density at radius 3 is 2.70 bits per heavy atom. The van der Waals surface area contributed by atoms with E-state index >= 15 is 0 Å². The molecule has 168 valence electrons. The van der Waals surface area contributed by atoms with Gasteiger partial charge < -0.3 is 26.0 Å². The van der Waals surface area contributed by atoms with Gasteiger partial charge in [-0.25, -0.2) is 19.7 Å². The summed E-state index contributed by atoms with van der Waals surface area (Å²) in [6.45, 7) is 0.282. The molecule has 4 rings (SSSR count). The third kappa shape index (κ3) is 5.04.